The van der Waals surface area contributed by atoms with Gasteiger partial charge in [-0.15, -0.1) is 0 Å². The van der Waals surface area contributed by atoms with Crippen molar-refractivity contribution in [2.45, 2.75) is 38.3 Å². The van der Waals surface area contributed by atoms with Gasteiger partial charge in [0.2, 0.25) is 0 Å². The number of hydrogen-bond donors (Lipinski definition) is 0. The Kier molecular flexibility index (Phi) is 4.89. The zero-order valence-electron chi connectivity index (χ0n) is 10.9. The maximum atomic E-state index is 12.6. The third kappa shape index (κ3) is 4.08. The van der Waals surface area contributed by atoms with Crippen LogP contribution in [0.5, 0.6) is 0 Å². The molecule has 0 heterocycles. The van der Waals surface area contributed by atoms with Gasteiger partial charge >= 0.3 is 6.18 Å². The maximum Gasteiger partial charge on any atom is 0.391 e. The first-order chi connectivity index (χ1) is 9.36. The van der Waals surface area contributed by atoms with E-state index in [1.54, 1.807) is 0 Å². The first-order valence-electron chi connectivity index (χ1n) is 6.70. The number of hydrogen-bond acceptors (Lipinski definition) is 1. The summed E-state index contributed by atoms with van der Waals surface area (Å²) in [6, 6.07) is 7.47. The lowest BCUT2D eigenvalue weighted by Crippen LogP contribution is -2.30. The van der Waals surface area contributed by atoms with Crippen LogP contribution in [-0.2, 0) is 11.2 Å². The first kappa shape index (κ1) is 15.5. The topological polar surface area (TPSA) is 17.1 Å². The molecule has 0 atom stereocenters. The quantitative estimate of drug-likeness (QED) is 0.756. The minimum absolute atomic E-state index is 0.0590. The molecule has 0 aliphatic heterocycles. The van der Waals surface area contributed by atoms with Crippen LogP contribution in [0, 0.1) is 11.8 Å². The largest absolute Gasteiger partial charge is 0.391 e. The fourth-order valence-electron chi connectivity index (χ4n) is 2.74. The summed E-state index contributed by atoms with van der Waals surface area (Å²) in [5.74, 6) is -1.38. The van der Waals surface area contributed by atoms with Crippen LogP contribution in [0.4, 0.5) is 13.2 Å². The van der Waals surface area contributed by atoms with Crippen LogP contribution in [0.1, 0.15) is 31.2 Å². The second-order valence-corrected chi connectivity index (χ2v) is 6.28. The van der Waals surface area contributed by atoms with Crippen molar-refractivity contribution in [1.82, 2.24) is 0 Å². The van der Waals surface area contributed by atoms with Crippen molar-refractivity contribution in [1.29, 1.82) is 0 Å². The average molecular weight is 349 g/mol. The van der Waals surface area contributed by atoms with Gasteiger partial charge in [0.15, 0.2) is 0 Å². The molecule has 1 aromatic rings. The average Bonchev–Trinajstić information content (AvgIpc) is 2.38. The Morgan fingerprint density at radius 1 is 1.20 bits per heavy atom. The van der Waals surface area contributed by atoms with Gasteiger partial charge in [0.25, 0.3) is 0 Å². The van der Waals surface area contributed by atoms with Crippen molar-refractivity contribution < 1.29 is 18.0 Å². The summed E-state index contributed by atoms with van der Waals surface area (Å²) in [5, 5.41) is 0. The monoisotopic (exact) mass is 348 g/mol. The van der Waals surface area contributed by atoms with Crippen molar-refractivity contribution in [2.75, 3.05) is 0 Å². The van der Waals surface area contributed by atoms with Crippen molar-refractivity contribution in [3.8, 4) is 0 Å². The second kappa shape index (κ2) is 6.29. The summed E-state index contributed by atoms with van der Waals surface area (Å²) in [6.45, 7) is 0. The normalized spacial score (nSPS) is 23.6. The summed E-state index contributed by atoms with van der Waals surface area (Å²) in [6.07, 6.45) is -2.93. The molecule has 0 aromatic heterocycles. The fourth-order valence-corrected chi connectivity index (χ4v) is 3.18. The highest BCUT2D eigenvalue weighted by molar-refractivity contribution is 9.10. The summed E-state index contributed by atoms with van der Waals surface area (Å²) in [7, 11) is 0. The molecule has 0 amide bonds. The Morgan fingerprint density at radius 3 is 2.40 bits per heavy atom. The number of benzene rings is 1. The summed E-state index contributed by atoms with van der Waals surface area (Å²) >= 11 is 3.34. The molecule has 5 heteroatoms. The molecule has 1 aliphatic rings. The van der Waals surface area contributed by atoms with E-state index in [1.165, 1.54) is 0 Å². The van der Waals surface area contributed by atoms with E-state index in [9.17, 15) is 18.0 Å². The molecule has 0 N–H and O–H groups in total. The van der Waals surface area contributed by atoms with Crippen LogP contribution in [0.25, 0.3) is 0 Å². The molecule has 1 fully saturated rings. The first-order valence-corrected chi connectivity index (χ1v) is 7.49. The van der Waals surface area contributed by atoms with Gasteiger partial charge in [-0.3, -0.25) is 4.79 Å². The Balaban J connectivity index is 1.89. The van der Waals surface area contributed by atoms with E-state index in [0.717, 1.165) is 10.0 Å². The van der Waals surface area contributed by atoms with Gasteiger partial charge in [0.1, 0.15) is 5.78 Å². The van der Waals surface area contributed by atoms with E-state index >= 15 is 0 Å². The van der Waals surface area contributed by atoms with Crippen LogP contribution >= 0.6 is 15.9 Å². The molecule has 0 unspecified atom stereocenters. The molecule has 1 nitrogen and oxygen atoms in total. The van der Waals surface area contributed by atoms with Crippen molar-refractivity contribution in [2.24, 2.45) is 11.8 Å². The van der Waals surface area contributed by atoms with Gasteiger partial charge < -0.3 is 0 Å². The lowest BCUT2D eigenvalue weighted by Gasteiger charge is -2.29. The van der Waals surface area contributed by atoms with E-state index in [2.05, 4.69) is 15.9 Å². The standard InChI is InChI=1S/C15H16BrF3O/c16-13-3-1-2-10(8-13)9-14(20)11-4-6-12(7-5-11)15(17,18)19/h1-3,8,11-12H,4-7,9H2. The van der Waals surface area contributed by atoms with E-state index < -0.39 is 12.1 Å². The van der Waals surface area contributed by atoms with E-state index in [4.69, 9.17) is 0 Å². The minimum Gasteiger partial charge on any atom is -0.299 e. The van der Waals surface area contributed by atoms with E-state index in [0.29, 0.717) is 19.3 Å². The fraction of sp³-hybridized carbons (Fsp3) is 0.533. The summed E-state index contributed by atoms with van der Waals surface area (Å²) in [5.41, 5.74) is 0.905. The molecule has 0 saturated heterocycles. The van der Waals surface area contributed by atoms with E-state index in [1.807, 2.05) is 24.3 Å². The summed E-state index contributed by atoms with van der Waals surface area (Å²) < 4.78 is 38.6. The smallest absolute Gasteiger partial charge is 0.299 e. The van der Waals surface area contributed by atoms with Crippen LogP contribution in [-0.4, -0.2) is 12.0 Å². The third-order valence-electron chi connectivity index (χ3n) is 3.91. The molecule has 2 rings (SSSR count). The predicted octanol–water partition coefficient (Wildman–Crippen LogP) is 4.93. The lowest BCUT2D eigenvalue weighted by atomic mass is 9.78. The molecule has 1 aromatic carbocycles. The van der Waals surface area contributed by atoms with Gasteiger partial charge in [0.05, 0.1) is 5.92 Å². The minimum atomic E-state index is -4.11. The SMILES string of the molecule is O=C(Cc1cccc(Br)c1)C1CCC(C(F)(F)F)CC1. The van der Waals surface area contributed by atoms with Crippen LogP contribution < -0.4 is 0 Å². The molecule has 1 saturated carbocycles. The molecular weight excluding hydrogens is 333 g/mol. The molecule has 0 bridgehead atoms. The number of alkyl halides is 3. The van der Waals surface area contributed by atoms with Crippen LogP contribution in [0.2, 0.25) is 0 Å². The maximum absolute atomic E-state index is 12.6. The molecule has 110 valence electrons. The Bertz CT molecular complexity index is 476. The van der Waals surface area contributed by atoms with Gasteiger partial charge in [0, 0.05) is 16.8 Å². The number of carbonyl (C=O) groups excluding carboxylic acids is 1. The van der Waals surface area contributed by atoms with Crippen LogP contribution in [0.15, 0.2) is 28.7 Å². The Hall–Kier alpha value is -0.840. The third-order valence-corrected chi connectivity index (χ3v) is 4.41. The van der Waals surface area contributed by atoms with Gasteiger partial charge in [-0.05, 0) is 43.4 Å². The predicted molar refractivity (Wildman–Crippen MR) is 74.4 cm³/mol. The lowest BCUT2D eigenvalue weighted by molar-refractivity contribution is -0.184. The molecular formula is C15H16BrF3O. The van der Waals surface area contributed by atoms with Crippen LogP contribution in [0.3, 0.4) is 0 Å². The van der Waals surface area contributed by atoms with Gasteiger partial charge in [-0.2, -0.15) is 13.2 Å². The highest BCUT2D eigenvalue weighted by Crippen LogP contribution is 2.39. The number of ketones is 1. The Labute approximate surface area is 124 Å². The highest BCUT2D eigenvalue weighted by Gasteiger charge is 2.42. The number of halogens is 4. The zero-order valence-corrected chi connectivity index (χ0v) is 12.5. The molecule has 0 spiro atoms. The van der Waals surface area contributed by atoms with Crippen molar-refractivity contribution >= 4 is 21.7 Å². The second-order valence-electron chi connectivity index (χ2n) is 5.36. The van der Waals surface area contributed by atoms with Crippen molar-refractivity contribution in [3.63, 3.8) is 0 Å². The molecule has 1 aliphatic carbocycles. The number of rotatable bonds is 3. The van der Waals surface area contributed by atoms with Gasteiger partial charge in [-0.25, -0.2) is 0 Å². The zero-order chi connectivity index (χ0) is 14.8. The summed E-state index contributed by atoms with van der Waals surface area (Å²) in [4.78, 5) is 12.1. The number of Topliss-reactive ketones (excluding diaryl/α,β-unsaturated/α-hetero) is 1. The van der Waals surface area contributed by atoms with E-state index in [-0.39, 0.29) is 24.5 Å². The molecule has 20 heavy (non-hydrogen) atoms. The highest BCUT2D eigenvalue weighted by atomic mass is 79.9. The molecule has 0 radical (unpaired) electrons. The van der Waals surface area contributed by atoms with Crippen molar-refractivity contribution in [3.05, 3.63) is 34.3 Å². The Morgan fingerprint density at radius 2 is 1.85 bits per heavy atom. The van der Waals surface area contributed by atoms with Gasteiger partial charge in [-0.1, -0.05) is 28.1 Å². The number of carbonyl (C=O) groups is 1.